The molecule has 76 valence electrons. The Morgan fingerprint density at radius 2 is 2.29 bits per heavy atom. The first-order valence-corrected chi connectivity index (χ1v) is 4.54. The molecule has 0 aliphatic carbocycles. The van der Waals surface area contributed by atoms with E-state index in [4.69, 9.17) is 16.7 Å². The van der Waals surface area contributed by atoms with Gasteiger partial charge in [0.2, 0.25) is 0 Å². The van der Waals surface area contributed by atoms with Gasteiger partial charge >= 0.3 is 6.03 Å². The molecule has 0 heterocycles. The monoisotopic (exact) mass is 214 g/mol. The van der Waals surface area contributed by atoms with Gasteiger partial charge in [-0.25, -0.2) is 4.79 Å². The summed E-state index contributed by atoms with van der Waals surface area (Å²) in [5.74, 6) is -0.00637. The van der Waals surface area contributed by atoms with Crippen molar-refractivity contribution in [2.45, 2.75) is 6.92 Å². The Balaban J connectivity index is 2.68. The smallest absolute Gasteiger partial charge is 0.319 e. The molecule has 3 N–H and O–H groups in total. The molecule has 1 rings (SSSR count). The second-order valence-electron chi connectivity index (χ2n) is 2.65. The first-order valence-electron chi connectivity index (χ1n) is 4.17. The van der Waals surface area contributed by atoms with Crippen LogP contribution in [-0.4, -0.2) is 17.7 Å². The maximum Gasteiger partial charge on any atom is 0.319 e. The number of nitrogens with one attached hydrogen (secondary N) is 2. The molecule has 2 amide bonds. The fourth-order valence-electron chi connectivity index (χ4n) is 0.920. The number of benzene rings is 1. The minimum absolute atomic E-state index is 0.00637. The van der Waals surface area contributed by atoms with Gasteiger partial charge in [0.25, 0.3) is 0 Å². The number of hydrogen-bond acceptors (Lipinski definition) is 2. The normalized spacial score (nSPS) is 9.57. The highest BCUT2D eigenvalue weighted by Gasteiger charge is 2.02. The Bertz CT molecular complexity index is 342. The molecule has 0 saturated heterocycles. The maximum atomic E-state index is 11.1. The highest BCUT2D eigenvalue weighted by molar-refractivity contribution is 6.32. The van der Waals surface area contributed by atoms with Crippen LogP contribution in [0.5, 0.6) is 5.75 Å². The highest BCUT2D eigenvalue weighted by atomic mass is 35.5. The SMILES string of the molecule is CCNC(=O)Nc1ccc(O)c(Cl)c1. The van der Waals surface area contributed by atoms with Crippen molar-refractivity contribution in [1.82, 2.24) is 5.32 Å². The first kappa shape index (κ1) is 10.7. The van der Waals surface area contributed by atoms with Crippen molar-refractivity contribution in [1.29, 1.82) is 0 Å². The average molecular weight is 215 g/mol. The van der Waals surface area contributed by atoms with Crippen molar-refractivity contribution >= 4 is 23.3 Å². The number of amides is 2. The second kappa shape index (κ2) is 4.72. The van der Waals surface area contributed by atoms with Crippen molar-refractivity contribution in [3.8, 4) is 5.75 Å². The molecule has 0 radical (unpaired) electrons. The van der Waals surface area contributed by atoms with E-state index < -0.39 is 0 Å². The molecule has 0 bridgehead atoms. The van der Waals surface area contributed by atoms with Crippen LogP contribution >= 0.6 is 11.6 Å². The number of carbonyl (C=O) groups is 1. The predicted octanol–water partition coefficient (Wildman–Crippen LogP) is 2.19. The first-order chi connectivity index (χ1) is 6.63. The van der Waals surface area contributed by atoms with Crippen LogP contribution in [0.25, 0.3) is 0 Å². The highest BCUT2D eigenvalue weighted by Crippen LogP contribution is 2.25. The topological polar surface area (TPSA) is 61.4 Å². The van der Waals surface area contributed by atoms with Crippen LogP contribution in [0.4, 0.5) is 10.5 Å². The van der Waals surface area contributed by atoms with Gasteiger partial charge in [0.05, 0.1) is 5.02 Å². The third kappa shape index (κ3) is 2.81. The van der Waals surface area contributed by atoms with Gasteiger partial charge in [-0.15, -0.1) is 0 Å². The molecule has 0 fully saturated rings. The summed E-state index contributed by atoms with van der Waals surface area (Å²) in [5, 5.41) is 14.5. The van der Waals surface area contributed by atoms with Gasteiger partial charge in [0, 0.05) is 12.2 Å². The number of phenols is 1. The molecule has 0 saturated carbocycles. The van der Waals surface area contributed by atoms with Gasteiger partial charge in [-0.05, 0) is 25.1 Å². The number of carbonyl (C=O) groups excluding carboxylic acids is 1. The van der Waals surface area contributed by atoms with Gasteiger partial charge in [-0.2, -0.15) is 0 Å². The molecule has 14 heavy (non-hydrogen) atoms. The lowest BCUT2D eigenvalue weighted by Gasteiger charge is -2.06. The van der Waals surface area contributed by atoms with Crippen LogP contribution in [0.3, 0.4) is 0 Å². The molecule has 0 aliphatic rings. The zero-order valence-electron chi connectivity index (χ0n) is 7.67. The van der Waals surface area contributed by atoms with E-state index in [2.05, 4.69) is 10.6 Å². The van der Waals surface area contributed by atoms with E-state index in [0.29, 0.717) is 12.2 Å². The van der Waals surface area contributed by atoms with Crippen molar-refractivity contribution < 1.29 is 9.90 Å². The van der Waals surface area contributed by atoms with Crippen LogP contribution in [0.2, 0.25) is 5.02 Å². The van der Waals surface area contributed by atoms with E-state index in [-0.39, 0.29) is 16.8 Å². The number of halogens is 1. The summed E-state index contributed by atoms with van der Waals surface area (Å²) in [6.07, 6.45) is 0. The molecule has 0 aliphatic heterocycles. The number of anilines is 1. The molecule has 0 unspecified atom stereocenters. The quantitative estimate of drug-likeness (QED) is 0.661. The van der Waals surface area contributed by atoms with Crippen LogP contribution in [0, 0.1) is 0 Å². The summed E-state index contributed by atoms with van der Waals surface area (Å²) in [4.78, 5) is 11.1. The minimum atomic E-state index is -0.297. The largest absolute Gasteiger partial charge is 0.506 e. The summed E-state index contributed by atoms with van der Waals surface area (Å²) in [6, 6.07) is 4.17. The van der Waals surface area contributed by atoms with Gasteiger partial charge in [-0.3, -0.25) is 0 Å². The van der Waals surface area contributed by atoms with Crippen molar-refractivity contribution in [3.05, 3.63) is 23.2 Å². The molecule has 1 aromatic carbocycles. The Kier molecular flexibility index (Phi) is 3.59. The summed E-state index contributed by atoms with van der Waals surface area (Å²) in [7, 11) is 0. The summed E-state index contributed by atoms with van der Waals surface area (Å²) >= 11 is 5.65. The summed E-state index contributed by atoms with van der Waals surface area (Å²) in [6.45, 7) is 2.38. The molecule has 0 atom stereocenters. The van der Waals surface area contributed by atoms with Crippen molar-refractivity contribution in [3.63, 3.8) is 0 Å². The molecule has 4 nitrogen and oxygen atoms in total. The fraction of sp³-hybridized carbons (Fsp3) is 0.222. The van der Waals surface area contributed by atoms with Crippen LogP contribution < -0.4 is 10.6 Å². The Morgan fingerprint density at radius 1 is 1.57 bits per heavy atom. The molecular formula is C9H11ClN2O2. The van der Waals surface area contributed by atoms with E-state index in [9.17, 15) is 4.79 Å². The average Bonchev–Trinajstić information content (AvgIpc) is 2.12. The molecule has 5 heteroatoms. The zero-order valence-corrected chi connectivity index (χ0v) is 8.43. The Labute approximate surface area is 86.9 Å². The number of hydrogen-bond donors (Lipinski definition) is 3. The lowest BCUT2D eigenvalue weighted by atomic mass is 10.3. The van der Waals surface area contributed by atoms with Gasteiger partial charge in [-0.1, -0.05) is 11.6 Å². The van der Waals surface area contributed by atoms with E-state index in [1.807, 2.05) is 6.92 Å². The lowest BCUT2D eigenvalue weighted by Crippen LogP contribution is -2.28. The Morgan fingerprint density at radius 3 is 2.86 bits per heavy atom. The zero-order chi connectivity index (χ0) is 10.6. The van der Waals surface area contributed by atoms with E-state index in [0.717, 1.165) is 0 Å². The molecular weight excluding hydrogens is 204 g/mol. The minimum Gasteiger partial charge on any atom is -0.506 e. The predicted molar refractivity (Wildman–Crippen MR) is 55.8 cm³/mol. The van der Waals surface area contributed by atoms with E-state index >= 15 is 0 Å². The van der Waals surface area contributed by atoms with Crippen molar-refractivity contribution in [2.75, 3.05) is 11.9 Å². The molecule has 0 spiro atoms. The van der Waals surface area contributed by atoms with Crippen LogP contribution in [-0.2, 0) is 0 Å². The van der Waals surface area contributed by atoms with Gasteiger partial charge in [0.1, 0.15) is 5.75 Å². The van der Waals surface area contributed by atoms with E-state index in [1.54, 1.807) is 6.07 Å². The van der Waals surface area contributed by atoms with E-state index in [1.165, 1.54) is 12.1 Å². The molecule has 1 aromatic rings. The summed E-state index contributed by atoms with van der Waals surface area (Å²) in [5.41, 5.74) is 0.541. The van der Waals surface area contributed by atoms with Crippen LogP contribution in [0.1, 0.15) is 6.92 Å². The fourth-order valence-corrected chi connectivity index (χ4v) is 1.10. The number of urea groups is 1. The third-order valence-electron chi connectivity index (χ3n) is 1.54. The number of aromatic hydroxyl groups is 1. The van der Waals surface area contributed by atoms with Crippen LogP contribution in [0.15, 0.2) is 18.2 Å². The van der Waals surface area contributed by atoms with Gasteiger partial charge < -0.3 is 15.7 Å². The number of phenolic OH excluding ortho intramolecular Hbond substituents is 1. The van der Waals surface area contributed by atoms with Gasteiger partial charge in [0.15, 0.2) is 0 Å². The number of rotatable bonds is 2. The standard InChI is InChI=1S/C9H11ClN2O2/c1-2-11-9(14)12-6-3-4-8(13)7(10)5-6/h3-5,13H,2H2,1H3,(H2,11,12,14). The maximum absolute atomic E-state index is 11.1. The summed E-state index contributed by atoms with van der Waals surface area (Å²) < 4.78 is 0. The molecule has 0 aromatic heterocycles. The third-order valence-corrected chi connectivity index (χ3v) is 1.85. The van der Waals surface area contributed by atoms with Crippen molar-refractivity contribution in [2.24, 2.45) is 0 Å². The Hall–Kier alpha value is -1.42. The second-order valence-corrected chi connectivity index (χ2v) is 3.06. The lowest BCUT2D eigenvalue weighted by molar-refractivity contribution is 0.252.